The average Bonchev–Trinajstić information content (AvgIpc) is 1.89. The summed E-state index contributed by atoms with van der Waals surface area (Å²) in [4.78, 5) is 2.06. The topological polar surface area (TPSA) is 0 Å². The van der Waals surface area contributed by atoms with Gasteiger partial charge in [-0.25, -0.2) is 0 Å². The van der Waals surface area contributed by atoms with E-state index in [1.54, 1.807) is 0 Å². The third-order valence-corrected chi connectivity index (χ3v) is 4.00. The molecule has 0 aromatic carbocycles. The maximum absolute atomic E-state index is 3.70. The molecule has 0 saturated heterocycles. The van der Waals surface area contributed by atoms with Crippen molar-refractivity contribution in [2.75, 3.05) is 11.5 Å². The Hall–Kier alpha value is 0.609. The van der Waals surface area contributed by atoms with Crippen LogP contribution in [0.4, 0.5) is 0 Å². The van der Waals surface area contributed by atoms with Crippen molar-refractivity contribution in [2.45, 2.75) is 18.7 Å². The van der Waals surface area contributed by atoms with Crippen LogP contribution in [0.3, 0.4) is 0 Å². The van der Waals surface area contributed by atoms with Gasteiger partial charge in [-0.1, -0.05) is 0 Å². The van der Waals surface area contributed by atoms with E-state index in [0.29, 0.717) is 15.0 Å². The fraction of sp³-hybridized carbons (Fsp3) is 0.714. The second kappa shape index (κ2) is 8.61. The van der Waals surface area contributed by atoms with Crippen molar-refractivity contribution in [3.05, 3.63) is 11.6 Å². The summed E-state index contributed by atoms with van der Waals surface area (Å²) in [6, 6.07) is 0. The van der Waals surface area contributed by atoms with Gasteiger partial charge in [0.05, 0.1) is 0 Å². The fourth-order valence-electron chi connectivity index (χ4n) is 0.437. The Bertz CT molecular complexity index is 63.9. The molecule has 0 spiro atoms. The quantitative estimate of drug-likeness (QED) is 0.478. The Labute approximate surface area is 68.6 Å². The number of rotatable bonds is 6. The summed E-state index contributed by atoms with van der Waals surface area (Å²) in [5.74, 6) is 2.66. The van der Waals surface area contributed by atoms with Crippen molar-refractivity contribution in [1.82, 2.24) is 0 Å². The normalized spacial score (nSPS) is 9.44. The molecular formula is C7H14SSe. The van der Waals surface area contributed by atoms with E-state index in [0.717, 1.165) is 0 Å². The first-order valence-corrected chi connectivity index (χ1v) is 6.57. The minimum atomic E-state index is 0.709. The van der Waals surface area contributed by atoms with Crippen LogP contribution in [0.2, 0.25) is 5.32 Å². The van der Waals surface area contributed by atoms with E-state index in [4.69, 9.17) is 0 Å². The molecule has 0 bridgehead atoms. The molecule has 0 aromatic rings. The molecule has 0 aromatic heterocycles. The summed E-state index contributed by atoms with van der Waals surface area (Å²) in [5, 5.41) is 1.36. The summed E-state index contributed by atoms with van der Waals surface area (Å²) >= 11 is 2.77. The molecule has 0 heterocycles. The molecule has 0 saturated carbocycles. The monoisotopic (exact) mass is 210 g/mol. The zero-order chi connectivity index (χ0) is 6.95. The first kappa shape index (κ1) is 9.61. The zero-order valence-corrected chi connectivity index (χ0v) is 8.46. The maximum atomic E-state index is 3.70. The van der Waals surface area contributed by atoms with Gasteiger partial charge in [0, 0.05) is 0 Å². The van der Waals surface area contributed by atoms with Gasteiger partial charge in [0.1, 0.15) is 0 Å². The van der Waals surface area contributed by atoms with Crippen LogP contribution >= 0.6 is 11.8 Å². The molecule has 0 radical (unpaired) electrons. The minimum absolute atomic E-state index is 0.709. The summed E-state index contributed by atoms with van der Waals surface area (Å²) in [7, 11) is 0. The summed E-state index contributed by atoms with van der Waals surface area (Å²) in [5.41, 5.74) is 0. The molecule has 0 rings (SSSR count). The standard InChI is InChI=1S/C7H14SSe/c1-3-5-8-6-7-9-4-2/h4H,2-3,5-7H2,1H3. The van der Waals surface area contributed by atoms with Crippen molar-refractivity contribution < 1.29 is 0 Å². The van der Waals surface area contributed by atoms with Gasteiger partial charge in [0.25, 0.3) is 0 Å². The molecular weight excluding hydrogens is 195 g/mol. The number of hydrogen-bond donors (Lipinski definition) is 0. The van der Waals surface area contributed by atoms with Gasteiger partial charge in [-0.2, -0.15) is 0 Å². The van der Waals surface area contributed by atoms with Crippen molar-refractivity contribution in [3.63, 3.8) is 0 Å². The Morgan fingerprint density at radius 3 is 2.89 bits per heavy atom. The van der Waals surface area contributed by atoms with E-state index in [1.165, 1.54) is 23.2 Å². The van der Waals surface area contributed by atoms with Crippen molar-refractivity contribution >= 4 is 26.7 Å². The molecule has 54 valence electrons. The fourth-order valence-corrected chi connectivity index (χ4v) is 2.84. The Kier molecular flexibility index (Phi) is 9.19. The van der Waals surface area contributed by atoms with Crippen LogP contribution in [-0.4, -0.2) is 26.5 Å². The Morgan fingerprint density at radius 2 is 2.33 bits per heavy atom. The molecule has 0 N–H and O–H groups in total. The number of thioether (sulfide) groups is 1. The van der Waals surface area contributed by atoms with Crippen LogP contribution in [0, 0.1) is 0 Å². The van der Waals surface area contributed by atoms with Crippen LogP contribution in [0.25, 0.3) is 0 Å². The molecule has 9 heavy (non-hydrogen) atoms. The van der Waals surface area contributed by atoms with Crippen molar-refractivity contribution in [3.8, 4) is 0 Å². The summed E-state index contributed by atoms with van der Waals surface area (Å²) in [6.45, 7) is 5.92. The van der Waals surface area contributed by atoms with Gasteiger partial charge >= 0.3 is 68.4 Å². The number of hydrogen-bond acceptors (Lipinski definition) is 1. The van der Waals surface area contributed by atoms with Crippen LogP contribution < -0.4 is 0 Å². The second-order valence-electron chi connectivity index (χ2n) is 1.65. The van der Waals surface area contributed by atoms with Crippen LogP contribution in [0.15, 0.2) is 11.6 Å². The van der Waals surface area contributed by atoms with Gasteiger partial charge < -0.3 is 0 Å². The van der Waals surface area contributed by atoms with Crippen LogP contribution in [0.1, 0.15) is 13.3 Å². The first-order valence-electron chi connectivity index (χ1n) is 3.22. The third-order valence-electron chi connectivity index (χ3n) is 0.812. The molecule has 2 heteroatoms. The van der Waals surface area contributed by atoms with Crippen molar-refractivity contribution in [2.24, 2.45) is 0 Å². The van der Waals surface area contributed by atoms with Gasteiger partial charge in [-0.3, -0.25) is 0 Å². The molecule has 0 aliphatic rings. The van der Waals surface area contributed by atoms with E-state index in [9.17, 15) is 0 Å². The van der Waals surface area contributed by atoms with Gasteiger partial charge in [-0.05, 0) is 0 Å². The van der Waals surface area contributed by atoms with E-state index < -0.39 is 0 Å². The van der Waals surface area contributed by atoms with E-state index in [-0.39, 0.29) is 0 Å². The molecule has 0 aliphatic heterocycles. The van der Waals surface area contributed by atoms with E-state index in [2.05, 4.69) is 30.2 Å². The Morgan fingerprint density at radius 1 is 1.56 bits per heavy atom. The molecule has 0 amide bonds. The SMILES string of the molecule is C=C[Se]CCSCCC. The predicted octanol–water partition coefficient (Wildman–Crippen LogP) is 2.40. The summed E-state index contributed by atoms with van der Waals surface area (Å²) < 4.78 is 0. The predicted molar refractivity (Wildman–Crippen MR) is 48.4 cm³/mol. The Balaban J connectivity index is 2.66. The molecule has 0 atom stereocenters. The van der Waals surface area contributed by atoms with Crippen LogP contribution in [0.5, 0.6) is 0 Å². The first-order chi connectivity index (χ1) is 4.41. The zero-order valence-electron chi connectivity index (χ0n) is 5.93. The molecule has 0 fully saturated rings. The van der Waals surface area contributed by atoms with Gasteiger partial charge in [-0.15, -0.1) is 0 Å². The third kappa shape index (κ3) is 8.61. The van der Waals surface area contributed by atoms with Crippen molar-refractivity contribution in [1.29, 1.82) is 0 Å². The van der Waals surface area contributed by atoms with Crippen LogP contribution in [-0.2, 0) is 0 Å². The van der Waals surface area contributed by atoms with Gasteiger partial charge in [0.2, 0.25) is 0 Å². The van der Waals surface area contributed by atoms with E-state index >= 15 is 0 Å². The molecule has 0 aliphatic carbocycles. The van der Waals surface area contributed by atoms with Gasteiger partial charge in [0.15, 0.2) is 0 Å². The average molecular weight is 209 g/mol. The molecule has 0 nitrogen and oxygen atoms in total. The second-order valence-corrected chi connectivity index (χ2v) is 5.13. The van der Waals surface area contributed by atoms with E-state index in [1.807, 2.05) is 0 Å². The molecule has 0 unspecified atom stereocenters. The summed E-state index contributed by atoms with van der Waals surface area (Å²) in [6.07, 6.45) is 1.31.